The number of aromatic nitrogens is 3. The lowest BCUT2D eigenvalue weighted by molar-refractivity contribution is 0.0937. The van der Waals surface area contributed by atoms with E-state index < -0.39 is 0 Å². The van der Waals surface area contributed by atoms with Crippen LogP contribution in [-0.2, 0) is 7.05 Å². The van der Waals surface area contributed by atoms with Crippen LogP contribution in [-0.4, -0.2) is 46.9 Å². The average Bonchev–Trinajstić information content (AvgIpc) is 3.59. The van der Waals surface area contributed by atoms with Crippen molar-refractivity contribution in [1.29, 1.82) is 0 Å². The van der Waals surface area contributed by atoms with Crippen LogP contribution in [0.15, 0.2) is 97.3 Å². The molecule has 1 aliphatic heterocycles. The number of nitrogens with one attached hydrogen (secondary N) is 2. The highest BCUT2D eigenvalue weighted by Crippen LogP contribution is 2.32. The van der Waals surface area contributed by atoms with E-state index >= 15 is 0 Å². The Balaban J connectivity index is 1.25. The number of aryl methyl sites for hydroxylation is 1. The minimum Gasteiger partial charge on any atom is -0.497 e. The number of hydrogen-bond donors (Lipinski definition) is 2. The number of carbonyl (C=O) groups is 1. The fourth-order valence-electron chi connectivity index (χ4n) is 5.22. The zero-order valence-corrected chi connectivity index (χ0v) is 21.9. The highest BCUT2D eigenvalue weighted by Gasteiger charge is 2.35. The summed E-state index contributed by atoms with van der Waals surface area (Å²) in [5.41, 5.74) is 2.95. The summed E-state index contributed by atoms with van der Waals surface area (Å²) >= 11 is 0. The lowest BCUT2D eigenvalue weighted by Gasteiger charge is -2.20. The summed E-state index contributed by atoms with van der Waals surface area (Å²) in [7, 11) is 3.54. The molecule has 3 aromatic carbocycles. The Labute approximate surface area is 227 Å². The van der Waals surface area contributed by atoms with E-state index in [2.05, 4.69) is 49.9 Å². The summed E-state index contributed by atoms with van der Waals surface area (Å²) in [6.07, 6.45) is 3.54. The third-order valence-electron chi connectivity index (χ3n) is 7.36. The highest BCUT2D eigenvalue weighted by atomic mass is 16.5. The van der Waals surface area contributed by atoms with Gasteiger partial charge >= 0.3 is 0 Å². The van der Waals surface area contributed by atoms with Crippen molar-refractivity contribution in [3.8, 4) is 5.75 Å². The molecule has 0 radical (unpaired) electrons. The number of ether oxygens (including phenoxy) is 1. The molecule has 196 valence electrons. The van der Waals surface area contributed by atoms with E-state index in [0.717, 1.165) is 41.1 Å². The Hall–Kier alpha value is -4.85. The Bertz CT molecular complexity index is 1600. The summed E-state index contributed by atoms with van der Waals surface area (Å²) in [5, 5.41) is 12.7. The van der Waals surface area contributed by atoms with E-state index in [1.807, 2.05) is 73.9 Å². The topological polar surface area (TPSA) is 84.3 Å². The minimum absolute atomic E-state index is 0.0543. The van der Waals surface area contributed by atoms with Crippen molar-refractivity contribution in [3.63, 3.8) is 0 Å². The lowest BCUT2D eigenvalue weighted by atomic mass is 9.94. The number of rotatable bonds is 7. The van der Waals surface area contributed by atoms with Gasteiger partial charge in [0.1, 0.15) is 17.4 Å². The van der Waals surface area contributed by atoms with Crippen LogP contribution in [0.25, 0.3) is 10.8 Å². The smallest absolute Gasteiger partial charge is 0.251 e. The standard InChI is InChI=1S/C31H30N6O2/c1-36-30(14-15-33-36)35-29-17-24-16-22(8-9-23(24)18-32-29)31(38)34-28-20-37(25-6-4-3-5-7-25)19-27(28)21-10-12-26(39-2)13-11-21/h3-18,27-28H,19-20H2,1-2H3,(H,32,35)(H,34,38)/t27-,28+/m0/s1. The number of para-hydroxylation sites is 1. The Morgan fingerprint density at radius 3 is 2.51 bits per heavy atom. The van der Waals surface area contributed by atoms with Crippen molar-refractivity contribution in [2.45, 2.75) is 12.0 Å². The molecule has 39 heavy (non-hydrogen) atoms. The first-order valence-corrected chi connectivity index (χ1v) is 13.0. The van der Waals surface area contributed by atoms with Gasteiger partial charge in [0.05, 0.1) is 19.3 Å². The van der Waals surface area contributed by atoms with Crippen molar-refractivity contribution in [2.75, 3.05) is 30.4 Å². The zero-order valence-electron chi connectivity index (χ0n) is 21.9. The number of fused-ring (bicyclic) bond motifs is 1. The molecule has 8 heteroatoms. The van der Waals surface area contributed by atoms with Crippen LogP contribution in [0.4, 0.5) is 17.3 Å². The van der Waals surface area contributed by atoms with Crippen LogP contribution in [0.1, 0.15) is 21.8 Å². The summed E-state index contributed by atoms with van der Waals surface area (Å²) in [6.45, 7) is 1.54. The van der Waals surface area contributed by atoms with E-state index in [9.17, 15) is 4.79 Å². The molecule has 1 fully saturated rings. The number of amides is 1. The lowest BCUT2D eigenvalue weighted by Crippen LogP contribution is -2.39. The molecule has 1 saturated heterocycles. The van der Waals surface area contributed by atoms with Crippen molar-refractivity contribution in [3.05, 3.63) is 108 Å². The molecule has 0 aliphatic carbocycles. The molecule has 1 aliphatic rings. The molecule has 0 spiro atoms. The normalized spacial score (nSPS) is 16.8. The molecular weight excluding hydrogens is 488 g/mol. The van der Waals surface area contributed by atoms with E-state index in [1.165, 1.54) is 5.56 Å². The van der Waals surface area contributed by atoms with Gasteiger partial charge in [-0.05, 0) is 53.4 Å². The number of benzene rings is 3. The van der Waals surface area contributed by atoms with Crippen LogP contribution < -0.4 is 20.3 Å². The van der Waals surface area contributed by atoms with Gasteiger partial charge in [-0.15, -0.1) is 0 Å². The summed E-state index contributed by atoms with van der Waals surface area (Å²) in [5.74, 6) is 2.40. The van der Waals surface area contributed by atoms with E-state index in [-0.39, 0.29) is 17.9 Å². The molecule has 2 atom stereocenters. The van der Waals surface area contributed by atoms with Crippen molar-refractivity contribution < 1.29 is 9.53 Å². The Morgan fingerprint density at radius 2 is 1.77 bits per heavy atom. The second-order valence-electron chi connectivity index (χ2n) is 9.80. The second-order valence-corrected chi connectivity index (χ2v) is 9.80. The third-order valence-corrected chi connectivity index (χ3v) is 7.36. The number of carbonyl (C=O) groups excluding carboxylic acids is 1. The third kappa shape index (κ3) is 5.13. The van der Waals surface area contributed by atoms with Crippen LogP contribution >= 0.6 is 0 Å². The van der Waals surface area contributed by atoms with Gasteiger partial charge in [-0.2, -0.15) is 5.10 Å². The van der Waals surface area contributed by atoms with Gasteiger partial charge in [-0.3, -0.25) is 9.48 Å². The molecule has 2 N–H and O–H groups in total. The molecule has 0 saturated carbocycles. The SMILES string of the molecule is COc1ccc([C@@H]2CN(c3ccccc3)C[C@H]2NC(=O)c2ccc3cnc(Nc4ccnn4C)cc3c2)cc1. The summed E-state index contributed by atoms with van der Waals surface area (Å²) in [6, 6.07) is 28.0. The first-order chi connectivity index (χ1) is 19.1. The Kier molecular flexibility index (Phi) is 6.59. The summed E-state index contributed by atoms with van der Waals surface area (Å²) in [4.78, 5) is 20.4. The monoisotopic (exact) mass is 518 g/mol. The van der Waals surface area contributed by atoms with Crippen molar-refractivity contribution in [2.24, 2.45) is 7.05 Å². The number of nitrogens with zero attached hydrogens (tertiary/aromatic N) is 4. The van der Waals surface area contributed by atoms with Crippen LogP contribution in [0, 0.1) is 0 Å². The molecule has 1 amide bonds. The van der Waals surface area contributed by atoms with Crippen LogP contribution in [0.5, 0.6) is 5.75 Å². The molecule has 0 unspecified atom stereocenters. The first kappa shape index (κ1) is 24.5. The quantitative estimate of drug-likeness (QED) is 0.311. The maximum absolute atomic E-state index is 13.6. The predicted octanol–water partition coefficient (Wildman–Crippen LogP) is 5.12. The number of anilines is 3. The van der Waals surface area contributed by atoms with Gasteiger partial charge in [0.2, 0.25) is 0 Å². The zero-order chi connectivity index (χ0) is 26.8. The predicted molar refractivity (Wildman–Crippen MR) is 154 cm³/mol. The molecule has 5 aromatic rings. The van der Waals surface area contributed by atoms with Gasteiger partial charge in [0, 0.05) is 55.0 Å². The second kappa shape index (κ2) is 10.5. The van der Waals surface area contributed by atoms with Crippen LogP contribution in [0.3, 0.4) is 0 Å². The van der Waals surface area contributed by atoms with Gasteiger partial charge in [-0.25, -0.2) is 4.98 Å². The Morgan fingerprint density at radius 1 is 0.949 bits per heavy atom. The number of pyridine rings is 1. The summed E-state index contributed by atoms with van der Waals surface area (Å²) < 4.78 is 7.10. The minimum atomic E-state index is -0.0896. The van der Waals surface area contributed by atoms with Gasteiger partial charge in [0.15, 0.2) is 0 Å². The molecular formula is C31H30N6O2. The van der Waals surface area contributed by atoms with Crippen molar-refractivity contribution >= 4 is 34.0 Å². The first-order valence-electron chi connectivity index (χ1n) is 13.0. The maximum atomic E-state index is 13.6. The molecule has 3 heterocycles. The fraction of sp³-hybridized carbons (Fsp3) is 0.194. The van der Waals surface area contributed by atoms with Gasteiger partial charge in [-0.1, -0.05) is 36.4 Å². The highest BCUT2D eigenvalue weighted by molar-refractivity contribution is 5.99. The van der Waals surface area contributed by atoms with E-state index in [0.29, 0.717) is 11.4 Å². The molecule has 6 rings (SSSR count). The van der Waals surface area contributed by atoms with Gasteiger partial charge in [0.25, 0.3) is 5.91 Å². The van der Waals surface area contributed by atoms with E-state index in [1.54, 1.807) is 18.0 Å². The number of hydrogen-bond acceptors (Lipinski definition) is 6. The largest absolute Gasteiger partial charge is 0.497 e. The molecule has 0 bridgehead atoms. The van der Waals surface area contributed by atoms with Crippen LogP contribution in [0.2, 0.25) is 0 Å². The average molecular weight is 519 g/mol. The van der Waals surface area contributed by atoms with Gasteiger partial charge < -0.3 is 20.3 Å². The maximum Gasteiger partial charge on any atom is 0.251 e. The number of methoxy groups -OCH3 is 1. The molecule has 8 nitrogen and oxygen atoms in total. The molecule has 2 aromatic heterocycles. The fourth-order valence-corrected chi connectivity index (χ4v) is 5.22. The van der Waals surface area contributed by atoms with Crippen molar-refractivity contribution in [1.82, 2.24) is 20.1 Å². The van der Waals surface area contributed by atoms with E-state index in [4.69, 9.17) is 4.74 Å².